The summed E-state index contributed by atoms with van der Waals surface area (Å²) >= 11 is 0. The molecule has 0 aromatic carbocycles. The van der Waals surface area contributed by atoms with E-state index < -0.39 is 0 Å². The van der Waals surface area contributed by atoms with Gasteiger partial charge in [-0.3, -0.25) is 4.99 Å². The van der Waals surface area contributed by atoms with Gasteiger partial charge in [-0.15, -0.1) is 0 Å². The van der Waals surface area contributed by atoms with Gasteiger partial charge in [-0.2, -0.15) is 0 Å². The molecule has 2 aliphatic rings. The Labute approximate surface area is 104 Å². The molecule has 0 aromatic rings. The van der Waals surface area contributed by atoms with Crippen molar-refractivity contribution in [1.29, 1.82) is 0 Å². The molecule has 0 N–H and O–H groups in total. The molecule has 2 nitrogen and oxygen atoms in total. The van der Waals surface area contributed by atoms with Crippen LogP contribution in [-0.2, 0) is 0 Å². The van der Waals surface area contributed by atoms with Crippen molar-refractivity contribution in [1.82, 2.24) is 4.90 Å². The first-order chi connectivity index (χ1) is 8.01. The molecule has 17 heavy (non-hydrogen) atoms. The van der Waals surface area contributed by atoms with Crippen molar-refractivity contribution in [3.05, 3.63) is 36.3 Å². The van der Waals surface area contributed by atoms with Crippen LogP contribution in [0, 0.1) is 11.8 Å². The van der Waals surface area contributed by atoms with E-state index in [0.717, 1.165) is 6.42 Å². The van der Waals surface area contributed by atoms with Gasteiger partial charge in [0.2, 0.25) is 0 Å². The second-order valence-electron chi connectivity index (χ2n) is 5.55. The van der Waals surface area contributed by atoms with Gasteiger partial charge in [-0.05, 0) is 31.3 Å². The van der Waals surface area contributed by atoms with E-state index in [1.54, 1.807) is 0 Å². The van der Waals surface area contributed by atoms with Crippen LogP contribution in [0.15, 0.2) is 41.3 Å². The predicted octanol–water partition coefficient (Wildman–Crippen LogP) is 3.74. The SMILES string of the molecule is CC1C=CN2C=CC(C)(C(C)C)N=CC2=CC1. The molecular formula is C15H22N2. The Morgan fingerprint density at radius 2 is 2.18 bits per heavy atom. The minimum atomic E-state index is -0.0908. The van der Waals surface area contributed by atoms with E-state index in [2.05, 4.69) is 63.2 Å². The molecule has 2 atom stereocenters. The lowest BCUT2D eigenvalue weighted by Gasteiger charge is -2.24. The lowest BCUT2D eigenvalue weighted by atomic mass is 9.89. The van der Waals surface area contributed by atoms with Gasteiger partial charge in [0.05, 0.1) is 11.2 Å². The Kier molecular flexibility index (Phi) is 3.23. The van der Waals surface area contributed by atoms with Crippen LogP contribution in [0.5, 0.6) is 0 Å². The van der Waals surface area contributed by atoms with Crippen molar-refractivity contribution in [2.75, 3.05) is 0 Å². The minimum Gasteiger partial charge on any atom is -0.323 e. The average molecular weight is 230 g/mol. The Balaban J connectivity index is 2.34. The van der Waals surface area contributed by atoms with E-state index >= 15 is 0 Å². The zero-order valence-electron chi connectivity index (χ0n) is 11.2. The second-order valence-corrected chi connectivity index (χ2v) is 5.55. The minimum absolute atomic E-state index is 0.0908. The molecule has 2 heterocycles. The number of rotatable bonds is 1. The third-order valence-corrected chi connectivity index (χ3v) is 3.79. The van der Waals surface area contributed by atoms with Crippen molar-refractivity contribution in [2.45, 2.75) is 39.7 Å². The maximum Gasteiger partial charge on any atom is 0.0800 e. The van der Waals surface area contributed by atoms with E-state index in [-0.39, 0.29) is 5.54 Å². The maximum atomic E-state index is 4.75. The Morgan fingerprint density at radius 1 is 1.41 bits per heavy atom. The summed E-state index contributed by atoms with van der Waals surface area (Å²) in [5.74, 6) is 1.11. The highest BCUT2D eigenvalue weighted by molar-refractivity contribution is 5.79. The first-order valence-electron chi connectivity index (χ1n) is 6.43. The molecule has 0 bridgehead atoms. The van der Waals surface area contributed by atoms with Gasteiger partial charge in [0.15, 0.2) is 0 Å². The zero-order valence-corrected chi connectivity index (χ0v) is 11.2. The number of hydrogen-bond acceptors (Lipinski definition) is 2. The summed E-state index contributed by atoms with van der Waals surface area (Å²) < 4.78 is 0. The molecular weight excluding hydrogens is 208 g/mol. The number of nitrogens with zero attached hydrogens (tertiary/aromatic N) is 2. The van der Waals surface area contributed by atoms with Crippen LogP contribution in [0.3, 0.4) is 0 Å². The monoisotopic (exact) mass is 230 g/mol. The van der Waals surface area contributed by atoms with E-state index in [1.807, 2.05) is 6.21 Å². The standard InChI is InChI=1S/C15H22N2/c1-12(2)15(4)8-10-17-9-7-13(3)5-6-14(17)11-16-15/h6-13H,5H2,1-4H3. The molecule has 0 saturated carbocycles. The van der Waals surface area contributed by atoms with E-state index in [9.17, 15) is 0 Å². The molecule has 0 aromatic heterocycles. The molecule has 0 fully saturated rings. The number of hydrogen-bond donors (Lipinski definition) is 0. The molecule has 2 heteroatoms. The zero-order chi connectivity index (χ0) is 12.5. The van der Waals surface area contributed by atoms with Gasteiger partial charge < -0.3 is 4.90 Å². The fourth-order valence-electron chi connectivity index (χ4n) is 1.89. The third-order valence-electron chi connectivity index (χ3n) is 3.79. The topological polar surface area (TPSA) is 15.6 Å². The highest BCUT2D eigenvalue weighted by Gasteiger charge is 2.26. The molecule has 2 unspecified atom stereocenters. The molecule has 0 radical (unpaired) electrons. The highest BCUT2D eigenvalue weighted by atomic mass is 15.1. The van der Waals surface area contributed by atoms with E-state index in [4.69, 9.17) is 4.99 Å². The molecule has 0 aliphatic carbocycles. The molecule has 0 amide bonds. The quantitative estimate of drug-likeness (QED) is 0.670. The molecule has 0 spiro atoms. The smallest absolute Gasteiger partial charge is 0.0800 e. The largest absolute Gasteiger partial charge is 0.323 e. The Hall–Kier alpha value is -1.31. The Morgan fingerprint density at radius 3 is 2.88 bits per heavy atom. The van der Waals surface area contributed by atoms with Crippen molar-refractivity contribution in [3.8, 4) is 0 Å². The predicted molar refractivity (Wildman–Crippen MR) is 73.7 cm³/mol. The summed E-state index contributed by atoms with van der Waals surface area (Å²) in [7, 11) is 0. The van der Waals surface area contributed by atoms with Crippen LogP contribution in [0.4, 0.5) is 0 Å². The van der Waals surface area contributed by atoms with Crippen LogP contribution >= 0.6 is 0 Å². The summed E-state index contributed by atoms with van der Waals surface area (Å²) in [4.78, 5) is 6.92. The third kappa shape index (κ3) is 2.51. The fraction of sp³-hybridized carbons (Fsp3) is 0.533. The first-order valence-corrected chi connectivity index (χ1v) is 6.43. The molecule has 2 rings (SSSR count). The lowest BCUT2D eigenvalue weighted by molar-refractivity contribution is 0.423. The van der Waals surface area contributed by atoms with Crippen molar-refractivity contribution < 1.29 is 0 Å². The number of fused-ring (bicyclic) bond motifs is 1. The highest BCUT2D eigenvalue weighted by Crippen LogP contribution is 2.27. The van der Waals surface area contributed by atoms with Crippen molar-refractivity contribution >= 4 is 6.21 Å². The second kappa shape index (κ2) is 4.52. The summed E-state index contributed by atoms with van der Waals surface area (Å²) in [5, 5.41) is 0. The van der Waals surface area contributed by atoms with Crippen LogP contribution < -0.4 is 0 Å². The summed E-state index contributed by atoms with van der Waals surface area (Å²) in [6.07, 6.45) is 14.1. The summed E-state index contributed by atoms with van der Waals surface area (Å²) in [6, 6.07) is 0. The van der Waals surface area contributed by atoms with Gasteiger partial charge >= 0.3 is 0 Å². The van der Waals surface area contributed by atoms with Gasteiger partial charge in [0.25, 0.3) is 0 Å². The van der Waals surface area contributed by atoms with Crippen molar-refractivity contribution in [2.24, 2.45) is 16.8 Å². The normalized spacial score (nSPS) is 32.2. The van der Waals surface area contributed by atoms with Gasteiger partial charge in [-0.25, -0.2) is 0 Å². The summed E-state index contributed by atoms with van der Waals surface area (Å²) in [5.41, 5.74) is 1.10. The van der Waals surface area contributed by atoms with Gasteiger partial charge in [0.1, 0.15) is 0 Å². The van der Waals surface area contributed by atoms with E-state index in [1.165, 1.54) is 5.70 Å². The van der Waals surface area contributed by atoms with Crippen molar-refractivity contribution in [3.63, 3.8) is 0 Å². The number of aliphatic imine (C=N–C) groups is 1. The molecule has 0 saturated heterocycles. The van der Waals surface area contributed by atoms with E-state index in [0.29, 0.717) is 11.8 Å². The molecule has 92 valence electrons. The van der Waals surface area contributed by atoms with Gasteiger partial charge in [0, 0.05) is 18.6 Å². The molecule has 2 aliphatic heterocycles. The summed E-state index contributed by atoms with van der Waals surface area (Å²) in [6.45, 7) is 8.85. The van der Waals surface area contributed by atoms with Gasteiger partial charge in [-0.1, -0.05) is 32.9 Å². The fourth-order valence-corrected chi connectivity index (χ4v) is 1.89. The lowest BCUT2D eigenvalue weighted by Crippen LogP contribution is -2.25. The van der Waals surface area contributed by atoms with Crippen LogP contribution in [0.25, 0.3) is 0 Å². The number of allylic oxidation sites excluding steroid dienone is 3. The van der Waals surface area contributed by atoms with Crippen LogP contribution in [0.1, 0.15) is 34.1 Å². The van der Waals surface area contributed by atoms with Crippen LogP contribution in [-0.4, -0.2) is 16.7 Å². The average Bonchev–Trinajstić information content (AvgIpc) is 2.55. The maximum absolute atomic E-state index is 4.75. The Bertz CT molecular complexity index is 401. The first kappa shape index (κ1) is 12.2. The van der Waals surface area contributed by atoms with Crippen LogP contribution in [0.2, 0.25) is 0 Å².